The van der Waals surface area contributed by atoms with Gasteiger partial charge in [-0.05, 0) is 37.6 Å². The molecule has 1 saturated heterocycles. The number of carbonyl (C=O) groups excluding carboxylic acids is 4. The number of ether oxygens (including phenoxy) is 1. The van der Waals surface area contributed by atoms with Gasteiger partial charge in [-0.1, -0.05) is 53.8 Å². The van der Waals surface area contributed by atoms with Crippen LogP contribution in [0.1, 0.15) is 53.9 Å². The summed E-state index contributed by atoms with van der Waals surface area (Å²) in [5, 5.41) is 12.2. The molecule has 0 aromatic heterocycles. The molecule has 0 unspecified atom stereocenters. The second-order valence-electron chi connectivity index (χ2n) is 12.4. The number of rotatable bonds is 14. The van der Waals surface area contributed by atoms with E-state index >= 15 is 0 Å². The summed E-state index contributed by atoms with van der Waals surface area (Å²) >= 11 is 0. The van der Waals surface area contributed by atoms with E-state index in [0.717, 1.165) is 6.04 Å². The van der Waals surface area contributed by atoms with Crippen LogP contribution < -0.4 is 5.32 Å². The van der Waals surface area contributed by atoms with E-state index in [9.17, 15) is 29.1 Å². The van der Waals surface area contributed by atoms with Gasteiger partial charge in [-0.2, -0.15) is 0 Å². The second-order valence-corrected chi connectivity index (χ2v) is 18.0. The van der Waals surface area contributed by atoms with Crippen molar-refractivity contribution >= 4 is 37.9 Å². The maximum Gasteiger partial charge on any atom is 0.410 e. The van der Waals surface area contributed by atoms with Crippen LogP contribution in [0.5, 0.6) is 0 Å². The van der Waals surface area contributed by atoms with Gasteiger partial charge in [0.15, 0.2) is 0 Å². The lowest BCUT2D eigenvalue weighted by Gasteiger charge is -2.41. The molecule has 224 valence electrons. The number of likely N-dealkylation sites (N-methyl/N-ethyl adjacent to an activating group) is 2. The molecule has 11 nitrogen and oxygen atoms in total. The topological polar surface area (TPSA) is 137 Å². The Kier molecular flexibility index (Phi) is 12.9. The van der Waals surface area contributed by atoms with Gasteiger partial charge in [0.05, 0.1) is 6.61 Å². The fourth-order valence-corrected chi connectivity index (χ4v) is 4.93. The van der Waals surface area contributed by atoms with Crippen LogP contribution >= 0.6 is 0 Å². The first-order chi connectivity index (χ1) is 17.9. The Morgan fingerprint density at radius 1 is 1.05 bits per heavy atom. The quantitative estimate of drug-likeness (QED) is 0.307. The Morgan fingerprint density at radius 3 is 2.08 bits per heavy atom. The number of hydrogen-bond donors (Lipinski definition) is 2. The van der Waals surface area contributed by atoms with Crippen molar-refractivity contribution in [2.24, 2.45) is 11.8 Å². The van der Waals surface area contributed by atoms with Crippen molar-refractivity contribution in [1.29, 1.82) is 0 Å². The number of likely N-dealkylation sites (tertiary alicyclic amines) is 1. The first-order valence-electron chi connectivity index (χ1n) is 13.9. The fourth-order valence-electron chi connectivity index (χ4n) is 4.22. The van der Waals surface area contributed by atoms with Gasteiger partial charge in [-0.3, -0.25) is 19.3 Å². The summed E-state index contributed by atoms with van der Waals surface area (Å²) in [6.45, 7) is 16.4. The summed E-state index contributed by atoms with van der Waals surface area (Å²) in [4.78, 5) is 68.0. The molecule has 1 fully saturated rings. The number of nitrogens with one attached hydrogen (secondary N) is 1. The van der Waals surface area contributed by atoms with Gasteiger partial charge in [0, 0.05) is 28.7 Å². The molecule has 1 aliphatic heterocycles. The predicted molar refractivity (Wildman–Crippen MR) is 152 cm³/mol. The summed E-state index contributed by atoms with van der Waals surface area (Å²) in [6.07, 6.45) is 0.758. The molecule has 4 amide bonds. The van der Waals surface area contributed by atoms with Gasteiger partial charge in [-0.25, -0.2) is 9.59 Å². The van der Waals surface area contributed by atoms with E-state index in [4.69, 9.17) is 4.74 Å². The first kappa shape index (κ1) is 34.4. The third-order valence-electron chi connectivity index (χ3n) is 7.48. The Labute approximate surface area is 234 Å². The van der Waals surface area contributed by atoms with E-state index in [0.29, 0.717) is 32.4 Å². The molecular weight excluding hydrogens is 520 g/mol. The second kappa shape index (κ2) is 14.7. The van der Waals surface area contributed by atoms with Crippen molar-refractivity contribution < 1.29 is 33.8 Å². The van der Waals surface area contributed by atoms with Crippen LogP contribution in [0, 0.1) is 11.8 Å². The van der Waals surface area contributed by atoms with Crippen molar-refractivity contribution in [1.82, 2.24) is 20.0 Å². The van der Waals surface area contributed by atoms with E-state index in [1.807, 2.05) is 27.7 Å². The summed E-state index contributed by atoms with van der Waals surface area (Å²) in [6, 6.07) is -2.75. The monoisotopic (exact) mass is 570 g/mol. The molecule has 0 radical (unpaired) electrons. The lowest BCUT2D eigenvalue weighted by atomic mass is 9.95. The molecule has 0 saturated carbocycles. The maximum absolute atomic E-state index is 13.6. The minimum atomic E-state index is -1.40. The van der Waals surface area contributed by atoms with Gasteiger partial charge in [0.25, 0.3) is 0 Å². The Morgan fingerprint density at radius 2 is 1.64 bits per heavy atom. The minimum Gasteiger partial charge on any atom is -0.480 e. The van der Waals surface area contributed by atoms with Gasteiger partial charge in [-0.15, -0.1) is 0 Å². The van der Waals surface area contributed by atoms with Crippen molar-refractivity contribution in [3.05, 3.63) is 0 Å². The smallest absolute Gasteiger partial charge is 0.410 e. The molecule has 12 heteroatoms. The van der Waals surface area contributed by atoms with E-state index in [1.54, 1.807) is 6.92 Å². The average molecular weight is 571 g/mol. The largest absolute Gasteiger partial charge is 0.480 e. The van der Waals surface area contributed by atoms with Gasteiger partial charge in [0.2, 0.25) is 17.7 Å². The van der Waals surface area contributed by atoms with Crippen LogP contribution in [0.15, 0.2) is 0 Å². The van der Waals surface area contributed by atoms with E-state index in [1.165, 1.54) is 28.8 Å². The molecule has 5 atom stereocenters. The van der Waals surface area contributed by atoms with Gasteiger partial charge in [0.1, 0.15) is 24.2 Å². The normalized spacial score (nSPS) is 18.3. The highest BCUT2D eigenvalue weighted by atomic mass is 28.3. The molecule has 0 aliphatic carbocycles. The van der Waals surface area contributed by atoms with Crippen LogP contribution in [0.4, 0.5) is 4.79 Å². The van der Waals surface area contributed by atoms with Gasteiger partial charge < -0.3 is 25.0 Å². The highest BCUT2D eigenvalue weighted by molar-refractivity contribution is 6.76. The van der Waals surface area contributed by atoms with E-state index < -0.39 is 62.0 Å². The van der Waals surface area contributed by atoms with Crippen LogP contribution in [0.3, 0.4) is 0 Å². The number of nitrogens with zero attached hydrogens (tertiary/aromatic N) is 3. The molecule has 1 rings (SSSR count). The molecule has 0 aromatic rings. The predicted octanol–water partition coefficient (Wildman–Crippen LogP) is 2.87. The third kappa shape index (κ3) is 9.81. The molecule has 0 spiro atoms. The van der Waals surface area contributed by atoms with Crippen molar-refractivity contribution in [3.8, 4) is 0 Å². The lowest BCUT2D eigenvalue weighted by molar-refractivity contribution is -0.161. The Bertz CT molecular complexity index is 892. The zero-order chi connectivity index (χ0) is 30.2. The van der Waals surface area contributed by atoms with Crippen LogP contribution in [0.25, 0.3) is 0 Å². The SMILES string of the molecule is CC[C@H](C)[C@H](NC(=O)[C@H](CC(C)C)N(C)C(=O)OCC[Si](C)(C)C)C(=O)N(C)[C@@H](C)C(=O)N1CC[C@H]1C(=O)O. The summed E-state index contributed by atoms with van der Waals surface area (Å²) in [5.41, 5.74) is 0. The molecular formula is C27H50N4O7Si. The number of aliphatic carboxylic acids is 1. The molecule has 0 bridgehead atoms. The van der Waals surface area contributed by atoms with Crippen LogP contribution in [-0.4, -0.2) is 109 Å². The lowest BCUT2D eigenvalue weighted by Crippen LogP contribution is -2.62. The molecule has 39 heavy (non-hydrogen) atoms. The summed E-state index contributed by atoms with van der Waals surface area (Å²) < 4.78 is 5.46. The molecule has 0 aromatic carbocycles. The number of hydrogen-bond acceptors (Lipinski definition) is 6. The van der Waals surface area contributed by atoms with Crippen LogP contribution in [0.2, 0.25) is 25.7 Å². The fraction of sp³-hybridized carbons (Fsp3) is 0.815. The Balaban J connectivity index is 3.05. The highest BCUT2D eigenvalue weighted by Crippen LogP contribution is 2.21. The van der Waals surface area contributed by atoms with E-state index in [2.05, 4.69) is 25.0 Å². The first-order valence-corrected chi connectivity index (χ1v) is 17.6. The minimum absolute atomic E-state index is 0.0924. The summed E-state index contributed by atoms with van der Waals surface area (Å²) in [7, 11) is 1.61. The summed E-state index contributed by atoms with van der Waals surface area (Å²) in [5.74, 6) is -2.59. The standard InChI is InChI=1S/C27H50N4O7Si/c1-11-18(4)22(25(34)29(6)19(5)24(33)31-13-12-20(31)26(35)36)28-23(32)21(16-17(2)3)30(7)27(37)38-14-15-39(8,9)10/h17-22H,11-16H2,1-10H3,(H,28,32)(H,35,36)/t18-,19-,20-,21-,22-/m0/s1. The van der Waals surface area contributed by atoms with Crippen molar-refractivity contribution in [2.75, 3.05) is 27.2 Å². The average Bonchev–Trinajstić information content (AvgIpc) is 2.81. The Hall–Kier alpha value is -2.63. The number of carboxylic acid groups (broad SMARTS) is 1. The number of carboxylic acids is 1. The molecule has 1 heterocycles. The number of carbonyl (C=O) groups is 5. The maximum atomic E-state index is 13.6. The van der Waals surface area contributed by atoms with E-state index in [-0.39, 0.29) is 11.8 Å². The molecule has 2 N–H and O–H groups in total. The zero-order valence-corrected chi connectivity index (χ0v) is 26.4. The van der Waals surface area contributed by atoms with Crippen molar-refractivity contribution in [2.45, 2.75) is 104 Å². The zero-order valence-electron chi connectivity index (χ0n) is 25.4. The van der Waals surface area contributed by atoms with Gasteiger partial charge >= 0.3 is 12.1 Å². The third-order valence-corrected chi connectivity index (χ3v) is 9.19. The van der Waals surface area contributed by atoms with Crippen molar-refractivity contribution in [3.63, 3.8) is 0 Å². The van der Waals surface area contributed by atoms with Crippen LogP contribution in [-0.2, 0) is 23.9 Å². The molecule has 1 aliphatic rings. The highest BCUT2D eigenvalue weighted by Gasteiger charge is 2.42. The number of amides is 4.